The maximum Gasteiger partial charge on any atom is 0.144 e. The van der Waals surface area contributed by atoms with E-state index in [-0.39, 0.29) is 0 Å². The molecule has 4 heteroatoms. The Balaban J connectivity index is 2.04. The summed E-state index contributed by atoms with van der Waals surface area (Å²) in [5.41, 5.74) is 1.03. The highest BCUT2D eigenvalue weighted by atomic mass is 15.2. The van der Waals surface area contributed by atoms with Gasteiger partial charge in [-0.25, -0.2) is 9.97 Å². The van der Waals surface area contributed by atoms with Crippen molar-refractivity contribution in [2.45, 2.75) is 33.2 Å². The van der Waals surface area contributed by atoms with Gasteiger partial charge in [0.2, 0.25) is 0 Å². The summed E-state index contributed by atoms with van der Waals surface area (Å²) in [4.78, 5) is 11.5. The molecule has 1 aliphatic heterocycles. The van der Waals surface area contributed by atoms with Crippen LogP contribution in [0.4, 0.5) is 5.82 Å². The van der Waals surface area contributed by atoms with Gasteiger partial charge in [0.05, 0.1) is 6.54 Å². The molecule has 1 saturated heterocycles. The normalized spacial score (nSPS) is 21.5. The summed E-state index contributed by atoms with van der Waals surface area (Å²) in [7, 11) is 1.90. The highest BCUT2D eigenvalue weighted by Crippen LogP contribution is 2.17. The van der Waals surface area contributed by atoms with Gasteiger partial charge < -0.3 is 5.32 Å². The van der Waals surface area contributed by atoms with Crippen molar-refractivity contribution in [3.63, 3.8) is 0 Å². The molecule has 1 aromatic heterocycles. The molecule has 1 aliphatic rings. The van der Waals surface area contributed by atoms with Gasteiger partial charge in [0, 0.05) is 25.4 Å². The van der Waals surface area contributed by atoms with Crippen LogP contribution in [0.15, 0.2) is 6.07 Å². The van der Waals surface area contributed by atoms with Crippen LogP contribution < -0.4 is 5.32 Å². The van der Waals surface area contributed by atoms with E-state index in [2.05, 4.69) is 27.1 Å². The molecule has 1 fully saturated rings. The number of hydrogen-bond acceptors (Lipinski definition) is 4. The van der Waals surface area contributed by atoms with E-state index in [1.165, 1.54) is 25.9 Å². The number of nitrogens with zero attached hydrogens (tertiary/aromatic N) is 3. The van der Waals surface area contributed by atoms with E-state index in [9.17, 15) is 0 Å². The van der Waals surface area contributed by atoms with Gasteiger partial charge in [-0.2, -0.15) is 0 Å². The van der Waals surface area contributed by atoms with Gasteiger partial charge in [-0.15, -0.1) is 0 Å². The average Bonchev–Trinajstić information content (AvgIpc) is 2.28. The molecular weight excluding hydrogens is 212 g/mol. The number of nitrogens with one attached hydrogen (secondary N) is 1. The number of likely N-dealkylation sites (tertiary alicyclic amines) is 1. The molecule has 0 bridgehead atoms. The van der Waals surface area contributed by atoms with E-state index in [1.54, 1.807) is 0 Å². The summed E-state index contributed by atoms with van der Waals surface area (Å²) in [6.07, 6.45) is 2.65. The summed E-state index contributed by atoms with van der Waals surface area (Å²) in [5.74, 6) is 2.65. The Bertz CT molecular complexity index is 378. The lowest BCUT2D eigenvalue weighted by molar-refractivity contribution is 0.173. The van der Waals surface area contributed by atoms with Crippen molar-refractivity contribution in [2.24, 2.45) is 5.92 Å². The van der Waals surface area contributed by atoms with Crippen LogP contribution >= 0.6 is 0 Å². The third kappa shape index (κ3) is 3.40. The maximum absolute atomic E-state index is 4.51. The maximum atomic E-state index is 4.51. The van der Waals surface area contributed by atoms with Crippen LogP contribution in [0.1, 0.15) is 31.3 Å². The number of aromatic nitrogens is 2. The van der Waals surface area contributed by atoms with Crippen LogP contribution in [-0.2, 0) is 6.54 Å². The van der Waals surface area contributed by atoms with Gasteiger partial charge in [-0.1, -0.05) is 6.92 Å². The van der Waals surface area contributed by atoms with Gasteiger partial charge in [0.15, 0.2) is 0 Å². The predicted molar refractivity (Wildman–Crippen MR) is 70.0 cm³/mol. The molecule has 0 spiro atoms. The Morgan fingerprint density at radius 3 is 3.00 bits per heavy atom. The number of aryl methyl sites for hydroxylation is 1. The zero-order valence-corrected chi connectivity index (χ0v) is 11.0. The van der Waals surface area contributed by atoms with Crippen molar-refractivity contribution < 1.29 is 0 Å². The molecule has 0 aliphatic carbocycles. The fourth-order valence-corrected chi connectivity index (χ4v) is 2.46. The highest BCUT2D eigenvalue weighted by molar-refractivity contribution is 5.34. The molecule has 2 heterocycles. The van der Waals surface area contributed by atoms with Crippen molar-refractivity contribution in [1.29, 1.82) is 0 Å². The van der Waals surface area contributed by atoms with E-state index >= 15 is 0 Å². The summed E-state index contributed by atoms with van der Waals surface area (Å²) in [6.45, 7) is 7.57. The predicted octanol–water partition coefficient (Wildman–Crippen LogP) is 2.06. The van der Waals surface area contributed by atoms with E-state index in [0.717, 1.165) is 29.8 Å². The highest BCUT2D eigenvalue weighted by Gasteiger charge is 2.17. The lowest BCUT2D eigenvalue weighted by Crippen LogP contribution is -2.34. The third-order valence-corrected chi connectivity index (χ3v) is 3.26. The van der Waals surface area contributed by atoms with Crippen molar-refractivity contribution >= 4 is 5.82 Å². The summed E-state index contributed by atoms with van der Waals surface area (Å²) < 4.78 is 0. The van der Waals surface area contributed by atoms with Crippen molar-refractivity contribution in [1.82, 2.24) is 14.9 Å². The van der Waals surface area contributed by atoms with E-state index < -0.39 is 0 Å². The topological polar surface area (TPSA) is 41.1 Å². The molecule has 0 aromatic carbocycles. The molecule has 0 amide bonds. The fraction of sp³-hybridized carbons (Fsp3) is 0.692. The van der Waals surface area contributed by atoms with Crippen LogP contribution in [0.3, 0.4) is 0 Å². The quantitative estimate of drug-likeness (QED) is 0.869. The molecule has 0 radical (unpaired) electrons. The van der Waals surface area contributed by atoms with Crippen LogP contribution in [0.2, 0.25) is 0 Å². The molecule has 1 unspecified atom stereocenters. The lowest BCUT2D eigenvalue weighted by atomic mass is 10.0. The molecule has 4 nitrogen and oxygen atoms in total. The van der Waals surface area contributed by atoms with Gasteiger partial charge >= 0.3 is 0 Å². The van der Waals surface area contributed by atoms with Crippen LogP contribution in [-0.4, -0.2) is 35.0 Å². The second-order valence-electron chi connectivity index (χ2n) is 5.04. The second-order valence-corrected chi connectivity index (χ2v) is 5.04. The lowest BCUT2D eigenvalue weighted by Gasteiger charge is -2.30. The number of hydrogen-bond donors (Lipinski definition) is 1. The summed E-state index contributed by atoms with van der Waals surface area (Å²) in [6, 6.07) is 1.97. The first-order chi connectivity index (χ1) is 8.17. The molecule has 94 valence electrons. The van der Waals surface area contributed by atoms with E-state index in [1.807, 2.05) is 20.0 Å². The van der Waals surface area contributed by atoms with Crippen LogP contribution in [0.5, 0.6) is 0 Å². The SMILES string of the molecule is CNc1cc(C)nc(CN2CCCC(C)C2)n1. The number of piperidine rings is 1. The van der Waals surface area contributed by atoms with Crippen molar-refractivity contribution in [2.75, 3.05) is 25.5 Å². The Hall–Kier alpha value is -1.16. The second kappa shape index (κ2) is 5.45. The zero-order valence-electron chi connectivity index (χ0n) is 11.0. The molecule has 1 aromatic rings. The van der Waals surface area contributed by atoms with Crippen molar-refractivity contribution in [3.8, 4) is 0 Å². The summed E-state index contributed by atoms with van der Waals surface area (Å²) in [5, 5.41) is 3.08. The molecule has 1 atom stereocenters. The molecule has 2 rings (SSSR count). The fourth-order valence-electron chi connectivity index (χ4n) is 2.46. The third-order valence-electron chi connectivity index (χ3n) is 3.26. The zero-order chi connectivity index (χ0) is 12.3. The first-order valence-corrected chi connectivity index (χ1v) is 6.42. The van der Waals surface area contributed by atoms with E-state index in [4.69, 9.17) is 0 Å². The molecular formula is C13H22N4. The Kier molecular flexibility index (Phi) is 3.94. The minimum absolute atomic E-state index is 0.803. The Morgan fingerprint density at radius 1 is 1.47 bits per heavy atom. The number of rotatable bonds is 3. The molecule has 0 saturated carbocycles. The largest absolute Gasteiger partial charge is 0.373 e. The monoisotopic (exact) mass is 234 g/mol. The smallest absolute Gasteiger partial charge is 0.144 e. The molecule has 1 N–H and O–H groups in total. The number of anilines is 1. The van der Waals surface area contributed by atoms with Crippen LogP contribution in [0.25, 0.3) is 0 Å². The van der Waals surface area contributed by atoms with Gasteiger partial charge in [-0.3, -0.25) is 4.90 Å². The summed E-state index contributed by atoms with van der Waals surface area (Å²) >= 11 is 0. The average molecular weight is 234 g/mol. The minimum Gasteiger partial charge on any atom is -0.373 e. The minimum atomic E-state index is 0.803. The first-order valence-electron chi connectivity index (χ1n) is 6.42. The Labute approximate surface area is 103 Å². The first kappa shape index (κ1) is 12.3. The van der Waals surface area contributed by atoms with Crippen molar-refractivity contribution in [3.05, 3.63) is 17.6 Å². The standard InChI is InChI=1S/C13H22N4/c1-10-5-4-6-17(8-10)9-13-15-11(2)7-12(14-3)16-13/h7,10H,4-6,8-9H2,1-3H3,(H,14,15,16). The molecule has 17 heavy (non-hydrogen) atoms. The van der Waals surface area contributed by atoms with Gasteiger partial charge in [-0.05, 0) is 32.2 Å². The van der Waals surface area contributed by atoms with Crippen LogP contribution in [0, 0.1) is 12.8 Å². The van der Waals surface area contributed by atoms with Gasteiger partial charge in [0.25, 0.3) is 0 Å². The van der Waals surface area contributed by atoms with E-state index in [0.29, 0.717) is 0 Å². The Morgan fingerprint density at radius 2 is 2.29 bits per heavy atom. The van der Waals surface area contributed by atoms with Gasteiger partial charge in [0.1, 0.15) is 11.6 Å².